The molecule has 0 atom stereocenters. The highest BCUT2D eigenvalue weighted by Gasteiger charge is 1.95. The van der Waals surface area contributed by atoms with Crippen molar-refractivity contribution in [2.75, 3.05) is 0 Å². The molecule has 0 saturated heterocycles. The van der Waals surface area contributed by atoms with E-state index in [1.807, 2.05) is 0 Å². The number of carbonyl (C=O) groups is 1. The highest BCUT2D eigenvalue weighted by molar-refractivity contribution is 5.83. The van der Waals surface area contributed by atoms with Crippen molar-refractivity contribution >= 4 is 5.97 Å². The van der Waals surface area contributed by atoms with Crippen molar-refractivity contribution in [3.8, 4) is 0 Å². The predicted molar refractivity (Wildman–Crippen MR) is 27.5 cm³/mol. The molecule has 0 bridgehead atoms. The second kappa shape index (κ2) is 1.89. The van der Waals surface area contributed by atoms with Crippen molar-refractivity contribution in [1.82, 2.24) is 9.55 Å². The van der Waals surface area contributed by atoms with E-state index in [0.717, 1.165) is 0 Å². The van der Waals surface area contributed by atoms with Crippen LogP contribution in [0, 0.1) is 0 Å². The van der Waals surface area contributed by atoms with Crippen LogP contribution in [0.15, 0.2) is 12.5 Å². The standard InChI is InChI=1S/C5H6N2O2/c1-7-3-6-2-4(7)5(8)9/h2-3H,1H3,(H,8,9)/p-1. The molecule has 4 heteroatoms. The lowest BCUT2D eigenvalue weighted by Gasteiger charge is -1.99. The van der Waals surface area contributed by atoms with Crippen molar-refractivity contribution in [2.24, 2.45) is 7.05 Å². The summed E-state index contributed by atoms with van der Waals surface area (Å²) in [6.07, 6.45) is 2.65. The minimum atomic E-state index is -1.20. The van der Waals surface area contributed by atoms with E-state index in [1.54, 1.807) is 7.05 Å². The van der Waals surface area contributed by atoms with Gasteiger partial charge < -0.3 is 14.5 Å². The molecule has 0 aliphatic heterocycles. The first-order valence-corrected chi connectivity index (χ1v) is 2.39. The molecule has 0 aliphatic rings. The SMILES string of the molecule is Cn1cncc1C(=O)[O-]. The Morgan fingerprint density at radius 3 is 2.78 bits per heavy atom. The molecule has 0 saturated carbocycles. The fourth-order valence-corrected chi connectivity index (χ4v) is 0.554. The van der Waals surface area contributed by atoms with Gasteiger partial charge in [-0.25, -0.2) is 4.98 Å². The number of hydrogen-bond donors (Lipinski definition) is 0. The lowest BCUT2D eigenvalue weighted by atomic mass is 10.5. The van der Waals surface area contributed by atoms with E-state index in [-0.39, 0.29) is 5.69 Å². The highest BCUT2D eigenvalue weighted by atomic mass is 16.4. The van der Waals surface area contributed by atoms with Gasteiger partial charge in [-0.1, -0.05) is 0 Å². The largest absolute Gasteiger partial charge is 0.543 e. The lowest BCUT2D eigenvalue weighted by molar-refractivity contribution is -0.255. The minimum absolute atomic E-state index is 0.0926. The maximum atomic E-state index is 10.1. The van der Waals surface area contributed by atoms with Crippen LogP contribution < -0.4 is 5.11 Å². The zero-order chi connectivity index (χ0) is 6.85. The normalized spacial score (nSPS) is 9.44. The fraction of sp³-hybridized carbons (Fsp3) is 0.200. The number of hydrogen-bond acceptors (Lipinski definition) is 3. The smallest absolute Gasteiger partial charge is 0.0948 e. The summed E-state index contributed by atoms with van der Waals surface area (Å²) in [5, 5.41) is 10.1. The Hall–Kier alpha value is -1.32. The summed E-state index contributed by atoms with van der Waals surface area (Å²) < 4.78 is 1.38. The molecule has 0 radical (unpaired) electrons. The Kier molecular flexibility index (Phi) is 1.22. The molecule has 9 heavy (non-hydrogen) atoms. The minimum Gasteiger partial charge on any atom is -0.543 e. The molecule has 1 aromatic heterocycles. The molecule has 0 amide bonds. The van der Waals surface area contributed by atoms with Crippen molar-refractivity contribution in [2.45, 2.75) is 0 Å². The van der Waals surface area contributed by atoms with Crippen LogP contribution in [0.5, 0.6) is 0 Å². The molecule has 1 rings (SSSR count). The van der Waals surface area contributed by atoms with Crippen molar-refractivity contribution in [3.63, 3.8) is 0 Å². The van der Waals surface area contributed by atoms with Gasteiger partial charge in [0.1, 0.15) is 0 Å². The molecular weight excluding hydrogens is 120 g/mol. The maximum absolute atomic E-state index is 10.1. The van der Waals surface area contributed by atoms with Gasteiger partial charge >= 0.3 is 0 Å². The van der Waals surface area contributed by atoms with E-state index in [1.165, 1.54) is 17.1 Å². The Labute approximate surface area is 51.8 Å². The van der Waals surface area contributed by atoms with Crippen LogP contribution in [-0.4, -0.2) is 15.5 Å². The van der Waals surface area contributed by atoms with Gasteiger partial charge in [0.15, 0.2) is 0 Å². The quantitative estimate of drug-likeness (QED) is 0.473. The van der Waals surface area contributed by atoms with Crippen LogP contribution >= 0.6 is 0 Å². The van der Waals surface area contributed by atoms with Gasteiger partial charge in [-0.05, 0) is 0 Å². The van der Waals surface area contributed by atoms with E-state index in [2.05, 4.69) is 4.98 Å². The van der Waals surface area contributed by atoms with E-state index in [9.17, 15) is 9.90 Å². The molecule has 48 valence electrons. The lowest BCUT2D eigenvalue weighted by Crippen LogP contribution is -2.24. The van der Waals surface area contributed by atoms with Crippen molar-refractivity contribution < 1.29 is 9.90 Å². The van der Waals surface area contributed by atoms with Crippen LogP contribution in [0.3, 0.4) is 0 Å². The van der Waals surface area contributed by atoms with E-state index in [4.69, 9.17) is 0 Å². The number of carboxylic acids is 1. The number of carbonyl (C=O) groups excluding carboxylic acids is 1. The van der Waals surface area contributed by atoms with Crippen LogP contribution in [0.25, 0.3) is 0 Å². The first-order chi connectivity index (χ1) is 4.22. The first-order valence-electron chi connectivity index (χ1n) is 2.39. The van der Waals surface area contributed by atoms with Gasteiger partial charge in [0.25, 0.3) is 0 Å². The van der Waals surface area contributed by atoms with E-state index in [0.29, 0.717) is 0 Å². The fourth-order valence-electron chi connectivity index (χ4n) is 0.554. The molecule has 0 aromatic carbocycles. The van der Waals surface area contributed by atoms with Crippen molar-refractivity contribution in [1.29, 1.82) is 0 Å². The molecule has 1 aromatic rings. The third-order valence-electron chi connectivity index (χ3n) is 1.03. The summed E-state index contributed by atoms with van der Waals surface area (Å²) in [5.41, 5.74) is 0.0926. The number of imidazole rings is 1. The van der Waals surface area contributed by atoms with Gasteiger partial charge in [-0.15, -0.1) is 0 Å². The average molecular weight is 125 g/mol. The van der Waals surface area contributed by atoms with Gasteiger partial charge in [0, 0.05) is 7.05 Å². The average Bonchev–Trinajstić information content (AvgIpc) is 2.13. The Balaban J connectivity index is 3.08. The van der Waals surface area contributed by atoms with Crippen LogP contribution in [-0.2, 0) is 7.05 Å². The summed E-state index contributed by atoms with van der Waals surface area (Å²) in [6, 6.07) is 0. The molecular formula is C5H5N2O2-. The molecule has 0 spiro atoms. The third kappa shape index (κ3) is 0.910. The monoisotopic (exact) mass is 125 g/mol. The number of aryl methyl sites for hydroxylation is 1. The molecule has 0 fully saturated rings. The second-order valence-electron chi connectivity index (χ2n) is 1.68. The zero-order valence-electron chi connectivity index (χ0n) is 4.87. The highest BCUT2D eigenvalue weighted by Crippen LogP contribution is 1.91. The first kappa shape index (κ1) is 5.81. The topological polar surface area (TPSA) is 58.0 Å². The number of nitrogens with zero attached hydrogens (tertiary/aromatic N) is 2. The summed E-state index contributed by atoms with van der Waals surface area (Å²) >= 11 is 0. The third-order valence-corrected chi connectivity index (χ3v) is 1.03. The van der Waals surface area contributed by atoms with Gasteiger partial charge in [-0.3, -0.25) is 0 Å². The molecule has 4 nitrogen and oxygen atoms in total. The summed E-state index contributed by atoms with van der Waals surface area (Å²) in [7, 11) is 1.60. The Morgan fingerprint density at radius 1 is 1.89 bits per heavy atom. The van der Waals surface area contributed by atoms with Crippen LogP contribution in [0.4, 0.5) is 0 Å². The van der Waals surface area contributed by atoms with E-state index >= 15 is 0 Å². The molecule has 0 N–H and O–H groups in total. The summed E-state index contributed by atoms with van der Waals surface area (Å²) in [4.78, 5) is 13.7. The molecule has 0 aliphatic carbocycles. The summed E-state index contributed by atoms with van der Waals surface area (Å²) in [5.74, 6) is -1.20. The molecule has 1 heterocycles. The summed E-state index contributed by atoms with van der Waals surface area (Å²) in [6.45, 7) is 0. The maximum Gasteiger partial charge on any atom is 0.0948 e. The number of rotatable bonds is 1. The van der Waals surface area contributed by atoms with Crippen molar-refractivity contribution in [3.05, 3.63) is 18.2 Å². The van der Waals surface area contributed by atoms with Crippen LogP contribution in [0.2, 0.25) is 0 Å². The Bertz CT molecular complexity index is 229. The number of carboxylic acid groups (broad SMARTS) is 1. The van der Waals surface area contributed by atoms with Gasteiger partial charge in [-0.2, -0.15) is 0 Å². The zero-order valence-corrected chi connectivity index (χ0v) is 4.87. The van der Waals surface area contributed by atoms with Gasteiger partial charge in [0.2, 0.25) is 0 Å². The van der Waals surface area contributed by atoms with Crippen LogP contribution in [0.1, 0.15) is 10.5 Å². The number of aromatic nitrogens is 2. The molecule has 0 unspecified atom stereocenters. The Morgan fingerprint density at radius 2 is 2.56 bits per heavy atom. The number of aromatic carboxylic acids is 1. The predicted octanol–water partition coefficient (Wildman–Crippen LogP) is -1.22. The van der Waals surface area contributed by atoms with Gasteiger partial charge in [0.05, 0.1) is 24.2 Å². The second-order valence-corrected chi connectivity index (χ2v) is 1.68. The van der Waals surface area contributed by atoms with E-state index < -0.39 is 5.97 Å².